The number of nitrogens with zero attached hydrogens (tertiary/aromatic N) is 1. The molecule has 1 aliphatic carbocycles. The fourth-order valence-electron chi connectivity index (χ4n) is 2.06. The van der Waals surface area contributed by atoms with Gasteiger partial charge in [-0.3, -0.25) is 10.1 Å². The zero-order valence-electron chi connectivity index (χ0n) is 11.8. The molecular formula is C16H17FN2O2. The monoisotopic (exact) mass is 288 g/mol. The predicted octanol–water partition coefficient (Wildman–Crippen LogP) is 3.35. The third-order valence-electron chi connectivity index (χ3n) is 3.27. The van der Waals surface area contributed by atoms with E-state index in [1.165, 1.54) is 12.1 Å². The molecule has 0 aliphatic heterocycles. The van der Waals surface area contributed by atoms with Gasteiger partial charge in [-0.25, -0.2) is 4.39 Å². The van der Waals surface area contributed by atoms with Crippen molar-refractivity contribution in [3.05, 3.63) is 81.0 Å². The van der Waals surface area contributed by atoms with Crippen LogP contribution < -0.4 is 5.32 Å². The molecule has 0 unspecified atom stereocenters. The smallest absolute Gasteiger partial charge is 0.288 e. The lowest BCUT2D eigenvalue weighted by molar-refractivity contribution is -0.421. The van der Waals surface area contributed by atoms with Crippen molar-refractivity contribution in [2.75, 3.05) is 6.54 Å². The van der Waals surface area contributed by atoms with Gasteiger partial charge in [0.05, 0.1) is 4.92 Å². The minimum atomic E-state index is -0.372. The summed E-state index contributed by atoms with van der Waals surface area (Å²) in [6, 6.07) is 6.25. The molecule has 0 aromatic heterocycles. The number of allylic oxidation sites excluding steroid dienone is 4. The minimum absolute atomic E-state index is 0.0993. The van der Waals surface area contributed by atoms with Crippen molar-refractivity contribution in [3.63, 3.8) is 0 Å². The molecule has 0 atom stereocenters. The van der Waals surface area contributed by atoms with E-state index in [9.17, 15) is 14.5 Å². The number of nitro groups is 1. The number of hydrogen-bond donors (Lipinski definition) is 1. The van der Waals surface area contributed by atoms with E-state index in [-0.39, 0.29) is 16.4 Å². The second-order valence-electron chi connectivity index (χ2n) is 4.95. The summed E-state index contributed by atoms with van der Waals surface area (Å²) in [6.45, 7) is 2.49. The molecule has 0 heterocycles. The summed E-state index contributed by atoms with van der Waals surface area (Å²) >= 11 is 0. The van der Waals surface area contributed by atoms with Crippen LogP contribution in [0.25, 0.3) is 0 Å². The van der Waals surface area contributed by atoms with Crippen molar-refractivity contribution in [3.8, 4) is 0 Å². The van der Waals surface area contributed by atoms with E-state index in [0.29, 0.717) is 25.1 Å². The molecule has 0 radical (unpaired) electrons. The Morgan fingerprint density at radius 1 is 1.29 bits per heavy atom. The van der Waals surface area contributed by atoms with Gasteiger partial charge in [0.2, 0.25) is 0 Å². The average Bonchev–Trinajstić information content (AvgIpc) is 2.63. The Labute approximate surface area is 122 Å². The highest BCUT2D eigenvalue weighted by Crippen LogP contribution is 2.17. The first-order valence-corrected chi connectivity index (χ1v) is 6.77. The van der Waals surface area contributed by atoms with Crippen LogP contribution in [0.2, 0.25) is 0 Å². The molecule has 1 aromatic carbocycles. The van der Waals surface area contributed by atoms with E-state index in [2.05, 4.69) is 5.32 Å². The Hall–Kier alpha value is -2.43. The van der Waals surface area contributed by atoms with Gasteiger partial charge in [0.1, 0.15) is 11.5 Å². The highest BCUT2D eigenvalue weighted by molar-refractivity contribution is 5.33. The van der Waals surface area contributed by atoms with Gasteiger partial charge in [-0.1, -0.05) is 23.8 Å². The molecule has 1 aromatic rings. The standard InChI is InChI=1S/C16H17FN2O2/c1-12-2-8-15(16(9-3-12)19(20)21)18-11-10-13-4-6-14(17)7-5-13/h2,4-9,18H,3,10-11H2,1H3. The molecule has 0 fully saturated rings. The number of nitrogens with one attached hydrogen (secondary N) is 1. The van der Waals surface area contributed by atoms with E-state index in [0.717, 1.165) is 11.1 Å². The average molecular weight is 288 g/mol. The van der Waals surface area contributed by atoms with Crippen molar-refractivity contribution in [2.24, 2.45) is 0 Å². The van der Waals surface area contributed by atoms with Crippen molar-refractivity contribution in [1.29, 1.82) is 0 Å². The Balaban J connectivity index is 2.00. The summed E-state index contributed by atoms with van der Waals surface area (Å²) in [6.07, 6.45) is 6.49. The maximum Gasteiger partial charge on any atom is 0.288 e. The SMILES string of the molecule is CC1=CC=C(NCCc2ccc(F)cc2)C([N+](=O)[O-])=CC1. The molecule has 0 amide bonds. The van der Waals surface area contributed by atoms with Crippen LogP contribution >= 0.6 is 0 Å². The van der Waals surface area contributed by atoms with E-state index in [1.54, 1.807) is 24.3 Å². The minimum Gasteiger partial charge on any atom is -0.379 e. The Morgan fingerprint density at radius 3 is 2.67 bits per heavy atom. The van der Waals surface area contributed by atoms with Crippen LogP contribution in [-0.4, -0.2) is 11.5 Å². The summed E-state index contributed by atoms with van der Waals surface area (Å²) in [5.41, 5.74) is 2.67. The number of benzene rings is 1. The number of hydrogen-bond acceptors (Lipinski definition) is 3. The van der Waals surface area contributed by atoms with Gasteiger partial charge in [-0.15, -0.1) is 0 Å². The largest absolute Gasteiger partial charge is 0.379 e. The highest BCUT2D eigenvalue weighted by Gasteiger charge is 2.17. The lowest BCUT2D eigenvalue weighted by atomic mass is 10.1. The van der Waals surface area contributed by atoms with Gasteiger partial charge in [0.15, 0.2) is 0 Å². The van der Waals surface area contributed by atoms with Gasteiger partial charge in [-0.2, -0.15) is 0 Å². The molecule has 110 valence electrons. The van der Waals surface area contributed by atoms with E-state index < -0.39 is 0 Å². The third kappa shape index (κ3) is 4.27. The fourth-order valence-corrected chi connectivity index (χ4v) is 2.06. The van der Waals surface area contributed by atoms with Gasteiger partial charge >= 0.3 is 0 Å². The topological polar surface area (TPSA) is 55.2 Å². The molecule has 4 nitrogen and oxygen atoms in total. The quantitative estimate of drug-likeness (QED) is 0.667. The van der Waals surface area contributed by atoms with Crippen LogP contribution in [0.1, 0.15) is 18.9 Å². The predicted molar refractivity (Wildman–Crippen MR) is 79.6 cm³/mol. The summed E-state index contributed by atoms with van der Waals surface area (Å²) in [7, 11) is 0. The van der Waals surface area contributed by atoms with Crippen molar-refractivity contribution >= 4 is 0 Å². The van der Waals surface area contributed by atoms with E-state index in [4.69, 9.17) is 0 Å². The molecule has 1 N–H and O–H groups in total. The molecule has 0 bridgehead atoms. The maximum absolute atomic E-state index is 12.8. The summed E-state index contributed by atoms with van der Waals surface area (Å²) in [5, 5.41) is 14.2. The van der Waals surface area contributed by atoms with E-state index >= 15 is 0 Å². The first-order valence-electron chi connectivity index (χ1n) is 6.77. The number of rotatable bonds is 5. The lowest BCUT2D eigenvalue weighted by Crippen LogP contribution is -2.21. The summed E-state index contributed by atoms with van der Waals surface area (Å²) < 4.78 is 12.8. The fraction of sp³-hybridized carbons (Fsp3) is 0.250. The zero-order valence-corrected chi connectivity index (χ0v) is 11.8. The van der Waals surface area contributed by atoms with E-state index in [1.807, 2.05) is 13.0 Å². The maximum atomic E-state index is 12.8. The highest BCUT2D eigenvalue weighted by atomic mass is 19.1. The van der Waals surface area contributed by atoms with Crippen LogP contribution in [0.3, 0.4) is 0 Å². The van der Waals surface area contributed by atoms with Gasteiger partial charge in [-0.05, 0) is 49.6 Å². The summed E-state index contributed by atoms with van der Waals surface area (Å²) in [5.74, 6) is -0.266. The molecule has 2 rings (SSSR count). The molecule has 0 saturated heterocycles. The lowest BCUT2D eigenvalue weighted by Gasteiger charge is -2.08. The van der Waals surface area contributed by atoms with Crippen molar-refractivity contribution in [2.45, 2.75) is 19.8 Å². The molecule has 0 saturated carbocycles. The van der Waals surface area contributed by atoms with Gasteiger partial charge in [0, 0.05) is 6.54 Å². The molecule has 21 heavy (non-hydrogen) atoms. The molecule has 0 spiro atoms. The van der Waals surface area contributed by atoms with Crippen LogP contribution in [0, 0.1) is 15.9 Å². The second kappa shape index (κ2) is 6.83. The van der Waals surface area contributed by atoms with Gasteiger partial charge < -0.3 is 5.32 Å². The molecule has 5 heteroatoms. The Kier molecular flexibility index (Phi) is 4.87. The molecule has 1 aliphatic rings. The first kappa shape index (κ1) is 15.0. The van der Waals surface area contributed by atoms with Gasteiger partial charge in [0.25, 0.3) is 5.70 Å². The van der Waals surface area contributed by atoms with Crippen molar-refractivity contribution in [1.82, 2.24) is 5.32 Å². The summed E-state index contributed by atoms with van der Waals surface area (Å²) in [4.78, 5) is 10.7. The van der Waals surface area contributed by atoms with Crippen LogP contribution in [0.15, 0.2) is 59.5 Å². The first-order chi connectivity index (χ1) is 10.1. The Morgan fingerprint density at radius 2 is 2.00 bits per heavy atom. The molecular weight excluding hydrogens is 271 g/mol. The second-order valence-corrected chi connectivity index (χ2v) is 4.95. The normalized spacial score (nSPS) is 14.7. The number of halogens is 1. The van der Waals surface area contributed by atoms with Crippen LogP contribution in [0.5, 0.6) is 0 Å². The van der Waals surface area contributed by atoms with Crippen LogP contribution in [0.4, 0.5) is 4.39 Å². The Bertz CT molecular complexity index is 616. The van der Waals surface area contributed by atoms with Crippen LogP contribution in [-0.2, 0) is 6.42 Å². The third-order valence-corrected chi connectivity index (χ3v) is 3.27. The van der Waals surface area contributed by atoms with Crippen molar-refractivity contribution < 1.29 is 9.31 Å². The zero-order chi connectivity index (χ0) is 15.2.